The average Bonchev–Trinajstić information content (AvgIpc) is 3.30. The first-order valence-corrected chi connectivity index (χ1v) is 15.2. The summed E-state index contributed by atoms with van der Waals surface area (Å²) in [6.07, 6.45) is 5.06. The molecule has 5 rings (SSSR count). The lowest BCUT2D eigenvalue weighted by molar-refractivity contribution is -0.151. The first-order valence-electron chi connectivity index (χ1n) is 15.2. The van der Waals surface area contributed by atoms with E-state index in [1.165, 1.54) is 22.3 Å². The van der Waals surface area contributed by atoms with E-state index >= 15 is 0 Å². The summed E-state index contributed by atoms with van der Waals surface area (Å²) in [5.74, 6) is 1.74. The highest BCUT2D eigenvalue weighted by Crippen LogP contribution is 2.63. The van der Waals surface area contributed by atoms with Crippen LogP contribution in [0.3, 0.4) is 0 Å². The van der Waals surface area contributed by atoms with Crippen LogP contribution >= 0.6 is 0 Å². The first kappa shape index (κ1) is 29.6. The first-order chi connectivity index (χ1) is 19.5. The Morgan fingerprint density at radius 2 is 1.20 bits per heavy atom. The van der Waals surface area contributed by atoms with Crippen molar-refractivity contribution in [1.82, 2.24) is 0 Å². The molecule has 1 atom stereocenters. The summed E-state index contributed by atoms with van der Waals surface area (Å²) >= 11 is 0. The Morgan fingerprint density at radius 1 is 0.707 bits per heavy atom. The molecule has 3 aliphatic carbocycles. The summed E-state index contributed by atoms with van der Waals surface area (Å²) in [6.45, 7) is 12.6. The minimum Gasteiger partial charge on any atom is -0.491 e. The van der Waals surface area contributed by atoms with E-state index in [9.17, 15) is 9.59 Å². The second-order valence-electron chi connectivity index (χ2n) is 13.6. The molecule has 2 aromatic rings. The highest BCUT2D eigenvalue weighted by atomic mass is 16.6. The number of rotatable bonds is 10. The fraction of sp³-hybridized carbons (Fsp3) is 0.600. The minimum absolute atomic E-state index is 0.0232. The van der Waals surface area contributed by atoms with E-state index in [0.717, 1.165) is 50.0 Å². The molecule has 2 aromatic carbocycles. The van der Waals surface area contributed by atoms with Crippen LogP contribution in [0.2, 0.25) is 0 Å². The van der Waals surface area contributed by atoms with Gasteiger partial charge in [-0.15, -0.1) is 0 Å². The number of benzene rings is 2. The molecule has 0 heterocycles. The molecule has 0 N–H and O–H groups in total. The highest BCUT2D eigenvalue weighted by molar-refractivity contribution is 5.79. The number of ketones is 1. The van der Waals surface area contributed by atoms with E-state index < -0.39 is 0 Å². The van der Waals surface area contributed by atoms with Gasteiger partial charge in [-0.1, -0.05) is 39.8 Å². The Labute approximate surface area is 245 Å². The number of methoxy groups -OCH3 is 1. The van der Waals surface area contributed by atoms with E-state index in [1.54, 1.807) is 14.0 Å². The molecule has 6 nitrogen and oxygen atoms in total. The number of carbonyl (C=O) groups excluding carboxylic acids is 2. The molecule has 1 saturated carbocycles. The Hall–Kier alpha value is -2.86. The number of hydrogen-bond donors (Lipinski definition) is 0. The summed E-state index contributed by atoms with van der Waals surface area (Å²) in [7, 11) is 1.69. The second kappa shape index (κ2) is 11.4. The monoisotopic (exact) mass is 562 g/mol. The van der Waals surface area contributed by atoms with Crippen molar-refractivity contribution in [3.8, 4) is 11.5 Å². The fourth-order valence-electron chi connectivity index (χ4n) is 7.88. The van der Waals surface area contributed by atoms with Crippen molar-refractivity contribution >= 4 is 11.8 Å². The standard InChI is InChI=1S/C35H46O6/c1-23(36)24-7-9-25(10-8-24)32(37)41-18-17-40-27-12-14-29-31(20-27)35(22-34(29,4)5)21-33(2,3)28-13-11-26(19-30(28)35)39-16-15-38-6/h11-14,19-20,24-25H,7-10,15-18,21-22H2,1-6H3. The molecule has 222 valence electrons. The van der Waals surface area contributed by atoms with Crippen molar-refractivity contribution in [2.24, 2.45) is 11.8 Å². The van der Waals surface area contributed by atoms with Crippen molar-refractivity contribution in [1.29, 1.82) is 0 Å². The summed E-state index contributed by atoms with van der Waals surface area (Å²) in [5, 5.41) is 0. The minimum atomic E-state index is -0.168. The van der Waals surface area contributed by atoms with Gasteiger partial charge in [0.25, 0.3) is 0 Å². The van der Waals surface area contributed by atoms with Crippen LogP contribution in [0.4, 0.5) is 0 Å². The van der Waals surface area contributed by atoms with Gasteiger partial charge in [-0.25, -0.2) is 0 Å². The van der Waals surface area contributed by atoms with Gasteiger partial charge >= 0.3 is 5.97 Å². The van der Waals surface area contributed by atoms with Crippen LogP contribution in [0.1, 0.15) is 95.4 Å². The number of fused-ring (bicyclic) bond motifs is 4. The zero-order chi connectivity index (χ0) is 29.4. The third kappa shape index (κ3) is 5.77. The van der Waals surface area contributed by atoms with Crippen LogP contribution in [0.15, 0.2) is 36.4 Å². The predicted octanol–water partition coefficient (Wildman–Crippen LogP) is 6.68. The van der Waals surface area contributed by atoms with Crippen molar-refractivity contribution < 1.29 is 28.5 Å². The van der Waals surface area contributed by atoms with Crippen LogP contribution in [0.5, 0.6) is 11.5 Å². The molecular weight excluding hydrogens is 516 g/mol. The molecule has 0 bridgehead atoms. The Morgan fingerprint density at radius 3 is 1.68 bits per heavy atom. The van der Waals surface area contributed by atoms with Gasteiger partial charge in [0, 0.05) is 18.4 Å². The Balaban J connectivity index is 1.30. The van der Waals surface area contributed by atoms with E-state index in [4.69, 9.17) is 18.9 Å². The third-order valence-electron chi connectivity index (χ3n) is 9.75. The van der Waals surface area contributed by atoms with Gasteiger partial charge in [0.05, 0.1) is 12.5 Å². The normalized spacial score (nSPS) is 25.4. The van der Waals surface area contributed by atoms with Crippen LogP contribution in [0.25, 0.3) is 0 Å². The van der Waals surface area contributed by atoms with Gasteiger partial charge in [0.15, 0.2) is 0 Å². The van der Waals surface area contributed by atoms with Crippen molar-refractivity contribution in [3.05, 3.63) is 58.7 Å². The largest absolute Gasteiger partial charge is 0.491 e. The smallest absolute Gasteiger partial charge is 0.309 e. The SMILES string of the molecule is COCCOc1ccc2c(c1)C1(CC2(C)C)CC(C)(C)c2ccc(OCCOC(=O)C3CCC(C(C)=O)CC3)cc21. The zero-order valence-electron chi connectivity index (χ0n) is 25.6. The summed E-state index contributed by atoms with van der Waals surface area (Å²) in [5.41, 5.74) is 5.38. The number of ether oxygens (including phenoxy) is 4. The molecule has 41 heavy (non-hydrogen) atoms. The Bertz CT molecular complexity index is 1280. The van der Waals surface area contributed by atoms with Gasteiger partial charge in [0.2, 0.25) is 0 Å². The molecule has 1 unspecified atom stereocenters. The molecule has 6 heteroatoms. The van der Waals surface area contributed by atoms with Crippen LogP contribution in [-0.2, 0) is 35.3 Å². The maximum atomic E-state index is 12.6. The molecule has 0 saturated heterocycles. The molecular formula is C35H46O6. The van der Waals surface area contributed by atoms with Gasteiger partial charge in [-0.05, 0) is 103 Å². The van der Waals surface area contributed by atoms with Gasteiger partial charge < -0.3 is 18.9 Å². The topological polar surface area (TPSA) is 71.1 Å². The molecule has 0 aliphatic heterocycles. The van der Waals surface area contributed by atoms with Crippen LogP contribution < -0.4 is 9.47 Å². The Kier molecular flexibility index (Phi) is 8.26. The maximum absolute atomic E-state index is 12.6. The summed E-state index contributed by atoms with van der Waals surface area (Å²) in [4.78, 5) is 24.2. The zero-order valence-corrected chi connectivity index (χ0v) is 25.6. The number of carbonyl (C=O) groups is 2. The van der Waals surface area contributed by atoms with E-state index in [2.05, 4.69) is 64.1 Å². The number of esters is 1. The lowest BCUT2D eigenvalue weighted by Gasteiger charge is -2.30. The van der Waals surface area contributed by atoms with E-state index in [1.807, 2.05) is 0 Å². The number of hydrogen-bond acceptors (Lipinski definition) is 6. The second-order valence-corrected chi connectivity index (χ2v) is 13.6. The summed E-state index contributed by atoms with van der Waals surface area (Å²) < 4.78 is 23.0. The van der Waals surface area contributed by atoms with Crippen LogP contribution in [0, 0.1) is 11.8 Å². The van der Waals surface area contributed by atoms with Gasteiger partial charge in [-0.2, -0.15) is 0 Å². The lowest BCUT2D eigenvalue weighted by Crippen LogP contribution is -2.27. The van der Waals surface area contributed by atoms with Crippen molar-refractivity contribution in [3.63, 3.8) is 0 Å². The molecule has 0 aromatic heterocycles. The van der Waals surface area contributed by atoms with E-state index in [0.29, 0.717) is 19.8 Å². The van der Waals surface area contributed by atoms with Gasteiger partial charge in [-0.3, -0.25) is 9.59 Å². The fourth-order valence-corrected chi connectivity index (χ4v) is 7.88. The quantitative estimate of drug-likeness (QED) is 0.238. The van der Waals surface area contributed by atoms with Crippen molar-refractivity contribution in [2.45, 2.75) is 89.4 Å². The predicted molar refractivity (Wildman–Crippen MR) is 159 cm³/mol. The number of Topliss-reactive ketones (excluding diaryl/α,β-unsaturated/α-hetero) is 1. The molecule has 1 spiro atoms. The van der Waals surface area contributed by atoms with Crippen molar-refractivity contribution in [2.75, 3.05) is 33.5 Å². The molecule has 3 aliphatic rings. The molecule has 0 radical (unpaired) electrons. The lowest BCUT2D eigenvalue weighted by atomic mass is 9.72. The maximum Gasteiger partial charge on any atom is 0.309 e. The average molecular weight is 563 g/mol. The van der Waals surface area contributed by atoms with E-state index in [-0.39, 0.29) is 46.4 Å². The third-order valence-corrected chi connectivity index (χ3v) is 9.75. The molecule has 0 amide bonds. The van der Waals surface area contributed by atoms with Crippen LogP contribution in [-0.4, -0.2) is 45.3 Å². The summed E-state index contributed by atoms with van der Waals surface area (Å²) in [6, 6.07) is 13.1. The highest BCUT2D eigenvalue weighted by Gasteiger charge is 2.56. The molecule has 1 fully saturated rings. The van der Waals surface area contributed by atoms with Gasteiger partial charge in [0.1, 0.15) is 37.1 Å².